The van der Waals surface area contributed by atoms with Crippen molar-refractivity contribution in [2.75, 3.05) is 18.4 Å². The number of urea groups is 1. The second kappa shape index (κ2) is 6.34. The van der Waals surface area contributed by atoms with Crippen LogP contribution in [-0.4, -0.2) is 35.2 Å². The maximum absolute atomic E-state index is 13.9. The van der Waals surface area contributed by atoms with Gasteiger partial charge < -0.3 is 15.3 Å². The van der Waals surface area contributed by atoms with E-state index in [-0.39, 0.29) is 18.1 Å². The molecule has 1 saturated heterocycles. The van der Waals surface area contributed by atoms with E-state index < -0.39 is 17.7 Å². The van der Waals surface area contributed by atoms with Crippen LogP contribution in [0.1, 0.15) is 6.42 Å². The third kappa shape index (κ3) is 3.32. The zero-order valence-electron chi connectivity index (χ0n) is 12.3. The third-order valence-electron chi connectivity index (χ3n) is 3.82. The lowest BCUT2D eigenvalue weighted by molar-refractivity contribution is 0.176. The van der Waals surface area contributed by atoms with Gasteiger partial charge in [-0.05, 0) is 36.2 Å². The fraction of sp³-hybridized carbons (Fsp3) is 0.235. The molecular weight excluding hydrogens is 302 g/mol. The molecule has 2 aromatic carbocycles. The quantitative estimate of drug-likeness (QED) is 0.893. The number of likely N-dealkylation sites (tertiary alicyclic amines) is 1. The van der Waals surface area contributed by atoms with E-state index in [4.69, 9.17) is 0 Å². The summed E-state index contributed by atoms with van der Waals surface area (Å²) in [5.41, 5.74) is 0.664. The minimum Gasteiger partial charge on any atom is -0.391 e. The monoisotopic (exact) mass is 318 g/mol. The number of hydrogen-bond donors (Lipinski definition) is 2. The molecule has 6 heteroatoms. The van der Waals surface area contributed by atoms with Gasteiger partial charge in [-0.1, -0.05) is 18.2 Å². The lowest BCUT2D eigenvalue weighted by Crippen LogP contribution is -2.33. The molecule has 1 heterocycles. The van der Waals surface area contributed by atoms with Crippen molar-refractivity contribution < 1.29 is 18.7 Å². The van der Waals surface area contributed by atoms with Crippen LogP contribution < -0.4 is 5.32 Å². The van der Waals surface area contributed by atoms with Gasteiger partial charge in [0.2, 0.25) is 0 Å². The fourth-order valence-corrected chi connectivity index (χ4v) is 2.65. The van der Waals surface area contributed by atoms with E-state index in [2.05, 4.69) is 5.32 Å². The van der Waals surface area contributed by atoms with Crippen molar-refractivity contribution in [3.63, 3.8) is 0 Å². The molecule has 23 heavy (non-hydrogen) atoms. The number of β-amino-alcohol motifs (C(OH)–C–C–N with tert-alkyl or cyclic N) is 1. The molecule has 1 aliphatic heterocycles. The summed E-state index contributed by atoms with van der Waals surface area (Å²) in [4.78, 5) is 13.6. The van der Waals surface area contributed by atoms with Gasteiger partial charge in [0.15, 0.2) is 0 Å². The zero-order chi connectivity index (χ0) is 16.4. The Morgan fingerprint density at radius 1 is 1.17 bits per heavy atom. The molecule has 0 aromatic heterocycles. The highest BCUT2D eigenvalue weighted by molar-refractivity contribution is 5.90. The highest BCUT2D eigenvalue weighted by Crippen LogP contribution is 2.28. The van der Waals surface area contributed by atoms with Crippen molar-refractivity contribution in [1.82, 2.24) is 4.90 Å². The van der Waals surface area contributed by atoms with Crippen molar-refractivity contribution in [2.45, 2.75) is 12.5 Å². The number of amides is 2. The number of carbonyl (C=O) groups excluding carboxylic acids is 1. The zero-order valence-corrected chi connectivity index (χ0v) is 12.3. The summed E-state index contributed by atoms with van der Waals surface area (Å²) in [6.07, 6.45) is 0.0491. The van der Waals surface area contributed by atoms with Gasteiger partial charge in [0.05, 0.1) is 11.7 Å². The average Bonchev–Trinajstić information content (AvgIpc) is 2.94. The van der Waals surface area contributed by atoms with E-state index in [1.165, 1.54) is 29.2 Å². The molecule has 0 unspecified atom stereocenters. The van der Waals surface area contributed by atoms with Gasteiger partial charge in [-0.15, -0.1) is 0 Å². The standard InChI is InChI=1S/C17H16F2N2O2/c18-14-5-2-6-15(19)16(14)11-3-1-4-12(9-11)20-17(23)21-8-7-13(22)10-21/h1-6,9,13,22H,7-8,10H2,(H,20,23)/t13-/m1/s1. The van der Waals surface area contributed by atoms with Crippen molar-refractivity contribution in [3.8, 4) is 11.1 Å². The number of aliphatic hydroxyl groups excluding tert-OH is 1. The van der Waals surface area contributed by atoms with Crippen LogP contribution in [0.5, 0.6) is 0 Å². The van der Waals surface area contributed by atoms with Gasteiger partial charge in [-0.3, -0.25) is 0 Å². The topological polar surface area (TPSA) is 52.6 Å². The molecule has 3 rings (SSSR count). The van der Waals surface area contributed by atoms with Crippen LogP contribution in [0.3, 0.4) is 0 Å². The van der Waals surface area contributed by atoms with Crippen LogP contribution in [0.4, 0.5) is 19.3 Å². The van der Waals surface area contributed by atoms with E-state index in [1.807, 2.05) is 0 Å². The largest absolute Gasteiger partial charge is 0.391 e. The number of carbonyl (C=O) groups is 1. The second-order valence-corrected chi connectivity index (χ2v) is 5.50. The predicted molar refractivity (Wildman–Crippen MR) is 83.0 cm³/mol. The Balaban J connectivity index is 1.82. The van der Waals surface area contributed by atoms with Gasteiger partial charge in [0, 0.05) is 18.8 Å². The summed E-state index contributed by atoms with van der Waals surface area (Å²) in [5, 5.41) is 12.1. The van der Waals surface area contributed by atoms with E-state index >= 15 is 0 Å². The van der Waals surface area contributed by atoms with Crippen LogP contribution in [0, 0.1) is 11.6 Å². The fourth-order valence-electron chi connectivity index (χ4n) is 2.65. The molecule has 1 atom stereocenters. The molecule has 2 aromatic rings. The Hall–Kier alpha value is -2.47. The summed E-state index contributed by atoms with van der Waals surface area (Å²) in [6, 6.07) is 9.71. The first-order valence-electron chi connectivity index (χ1n) is 7.33. The summed E-state index contributed by atoms with van der Waals surface area (Å²) >= 11 is 0. The Morgan fingerprint density at radius 3 is 2.52 bits per heavy atom. The lowest BCUT2D eigenvalue weighted by Gasteiger charge is -2.17. The smallest absolute Gasteiger partial charge is 0.321 e. The first kappa shape index (κ1) is 15.4. The number of halogens is 2. The number of rotatable bonds is 2. The molecule has 1 aliphatic rings. The van der Waals surface area contributed by atoms with Crippen LogP contribution in [0.25, 0.3) is 11.1 Å². The molecule has 0 saturated carbocycles. The van der Waals surface area contributed by atoms with Crippen LogP contribution in [0.2, 0.25) is 0 Å². The number of benzene rings is 2. The van der Waals surface area contributed by atoms with Crippen molar-refractivity contribution in [3.05, 3.63) is 54.1 Å². The summed E-state index contributed by atoms with van der Waals surface area (Å²) < 4.78 is 27.7. The van der Waals surface area contributed by atoms with Gasteiger partial charge in [0.25, 0.3) is 0 Å². The van der Waals surface area contributed by atoms with Crippen molar-refractivity contribution >= 4 is 11.7 Å². The number of hydrogen-bond acceptors (Lipinski definition) is 2. The summed E-state index contributed by atoms with van der Waals surface area (Å²) in [7, 11) is 0. The number of aliphatic hydroxyl groups is 1. The minimum absolute atomic E-state index is 0.125. The SMILES string of the molecule is O=C(Nc1cccc(-c2c(F)cccc2F)c1)N1CC[C@@H](O)C1. The average molecular weight is 318 g/mol. The van der Waals surface area contributed by atoms with E-state index in [0.717, 1.165) is 0 Å². The van der Waals surface area contributed by atoms with Gasteiger partial charge in [0.1, 0.15) is 11.6 Å². The highest BCUT2D eigenvalue weighted by Gasteiger charge is 2.24. The molecule has 4 nitrogen and oxygen atoms in total. The molecule has 0 spiro atoms. The molecule has 0 bridgehead atoms. The van der Waals surface area contributed by atoms with Crippen molar-refractivity contribution in [2.24, 2.45) is 0 Å². The summed E-state index contributed by atoms with van der Waals surface area (Å²) in [6.45, 7) is 0.766. The number of nitrogens with one attached hydrogen (secondary N) is 1. The Bertz CT molecular complexity index is 716. The molecule has 0 aliphatic carbocycles. The molecule has 120 valence electrons. The van der Waals surface area contributed by atoms with Gasteiger partial charge in [-0.2, -0.15) is 0 Å². The van der Waals surface area contributed by atoms with Crippen LogP contribution in [-0.2, 0) is 0 Å². The second-order valence-electron chi connectivity index (χ2n) is 5.50. The predicted octanol–water partition coefficient (Wildman–Crippen LogP) is 3.23. The van der Waals surface area contributed by atoms with Gasteiger partial charge in [-0.25, -0.2) is 13.6 Å². The molecule has 2 N–H and O–H groups in total. The Labute approximate surface area is 132 Å². The minimum atomic E-state index is -0.656. The first-order valence-corrected chi connectivity index (χ1v) is 7.33. The molecule has 2 amide bonds. The summed E-state index contributed by atoms with van der Waals surface area (Å²) in [5.74, 6) is -1.31. The van der Waals surface area contributed by atoms with Gasteiger partial charge >= 0.3 is 6.03 Å². The maximum Gasteiger partial charge on any atom is 0.321 e. The maximum atomic E-state index is 13.9. The lowest BCUT2D eigenvalue weighted by atomic mass is 10.0. The number of nitrogens with zero attached hydrogens (tertiary/aromatic N) is 1. The van der Waals surface area contributed by atoms with E-state index in [0.29, 0.717) is 24.2 Å². The van der Waals surface area contributed by atoms with Crippen LogP contribution in [0.15, 0.2) is 42.5 Å². The van der Waals surface area contributed by atoms with E-state index in [1.54, 1.807) is 18.2 Å². The normalized spacial score (nSPS) is 17.3. The number of anilines is 1. The molecular formula is C17H16F2N2O2. The van der Waals surface area contributed by atoms with Crippen LogP contribution >= 0.6 is 0 Å². The van der Waals surface area contributed by atoms with E-state index in [9.17, 15) is 18.7 Å². The Kier molecular flexibility index (Phi) is 4.25. The molecule has 0 radical (unpaired) electrons. The van der Waals surface area contributed by atoms with Crippen molar-refractivity contribution in [1.29, 1.82) is 0 Å². The highest BCUT2D eigenvalue weighted by atomic mass is 19.1. The third-order valence-corrected chi connectivity index (χ3v) is 3.82. The first-order chi connectivity index (χ1) is 11.0. The molecule has 1 fully saturated rings. The Morgan fingerprint density at radius 2 is 1.87 bits per heavy atom.